The number of ether oxygens (including phenoxy) is 1. The van der Waals surface area contributed by atoms with Gasteiger partial charge in [-0.15, -0.1) is 11.3 Å². The molecule has 1 aliphatic rings. The first-order valence-corrected chi connectivity index (χ1v) is 10.5. The summed E-state index contributed by atoms with van der Waals surface area (Å²) in [6, 6.07) is 16.1. The maximum Gasteiger partial charge on any atom is 0.307 e. The molecule has 4 nitrogen and oxygen atoms in total. The highest BCUT2D eigenvalue weighted by Crippen LogP contribution is 2.42. The first-order chi connectivity index (χ1) is 13.6. The molecule has 28 heavy (non-hydrogen) atoms. The van der Waals surface area contributed by atoms with Crippen LogP contribution in [0.4, 0.5) is 0 Å². The lowest BCUT2D eigenvalue weighted by Gasteiger charge is -2.37. The number of thiophene rings is 1. The van der Waals surface area contributed by atoms with E-state index in [2.05, 4.69) is 23.1 Å². The summed E-state index contributed by atoms with van der Waals surface area (Å²) in [6.45, 7) is 1.36. The van der Waals surface area contributed by atoms with Gasteiger partial charge in [-0.2, -0.15) is 0 Å². The van der Waals surface area contributed by atoms with Crippen LogP contribution >= 0.6 is 22.9 Å². The Morgan fingerprint density at radius 3 is 2.86 bits per heavy atom. The van der Waals surface area contributed by atoms with Gasteiger partial charge in [-0.05, 0) is 55.1 Å². The summed E-state index contributed by atoms with van der Waals surface area (Å²) in [5.41, 5.74) is 0.979. The Labute approximate surface area is 173 Å². The van der Waals surface area contributed by atoms with Crippen LogP contribution in [0.1, 0.15) is 29.3 Å². The third-order valence-corrected chi connectivity index (χ3v) is 6.77. The number of halogens is 1. The topological polar surface area (TPSA) is 49.8 Å². The molecule has 146 valence electrons. The van der Waals surface area contributed by atoms with Crippen molar-refractivity contribution in [1.82, 2.24) is 4.90 Å². The molecule has 3 aromatic rings. The molecule has 0 amide bonds. The summed E-state index contributed by atoms with van der Waals surface area (Å²) >= 11 is 8.08. The third-order valence-electron chi connectivity index (χ3n) is 5.37. The van der Waals surface area contributed by atoms with E-state index in [9.17, 15) is 9.90 Å². The number of benzene rings is 2. The van der Waals surface area contributed by atoms with Crippen LogP contribution in [-0.4, -0.2) is 36.2 Å². The number of hydrogen-bond donors (Lipinski definition) is 1. The molecule has 6 heteroatoms. The monoisotopic (exact) mass is 415 g/mol. The fourth-order valence-electron chi connectivity index (χ4n) is 4.03. The summed E-state index contributed by atoms with van der Waals surface area (Å²) in [5, 5.41) is 11.4. The summed E-state index contributed by atoms with van der Waals surface area (Å²) < 4.78 is 6.86. The number of hydrogen-bond acceptors (Lipinski definition) is 4. The van der Waals surface area contributed by atoms with Crippen LogP contribution in [0, 0.1) is 5.92 Å². The molecule has 1 aromatic heterocycles. The second-order valence-electron chi connectivity index (χ2n) is 7.15. The molecule has 1 fully saturated rings. The highest BCUT2D eigenvalue weighted by molar-refractivity contribution is 7.19. The van der Waals surface area contributed by atoms with E-state index in [1.807, 2.05) is 30.3 Å². The van der Waals surface area contributed by atoms with Gasteiger partial charge in [0.25, 0.3) is 0 Å². The molecule has 2 aromatic carbocycles. The van der Waals surface area contributed by atoms with Crippen LogP contribution in [0.15, 0.2) is 48.5 Å². The number of nitrogens with zero attached hydrogens (tertiary/aromatic N) is 1. The predicted octanol–water partition coefficient (Wildman–Crippen LogP) is 5.45. The molecule has 0 aliphatic carbocycles. The highest BCUT2D eigenvalue weighted by atomic mass is 35.5. The van der Waals surface area contributed by atoms with Gasteiger partial charge >= 0.3 is 5.97 Å². The lowest BCUT2D eigenvalue weighted by atomic mass is 9.93. The molecule has 0 radical (unpaired) electrons. The number of piperidine rings is 1. The van der Waals surface area contributed by atoms with E-state index >= 15 is 0 Å². The average Bonchev–Trinajstić information content (AvgIpc) is 3.12. The number of carbonyl (C=O) groups is 1. The van der Waals surface area contributed by atoms with Gasteiger partial charge < -0.3 is 9.84 Å². The minimum absolute atomic E-state index is 0.0896. The van der Waals surface area contributed by atoms with E-state index in [1.165, 1.54) is 15.0 Å². The molecule has 1 N–H and O–H groups in total. The van der Waals surface area contributed by atoms with Crippen molar-refractivity contribution in [2.75, 3.05) is 20.2 Å². The van der Waals surface area contributed by atoms with Crippen LogP contribution in [-0.2, 0) is 4.79 Å². The Hall–Kier alpha value is -2.08. The molecular weight excluding hydrogens is 394 g/mol. The van der Waals surface area contributed by atoms with Gasteiger partial charge in [0.2, 0.25) is 0 Å². The number of methoxy groups -OCH3 is 1. The summed E-state index contributed by atoms with van der Waals surface area (Å²) in [4.78, 5) is 15.1. The van der Waals surface area contributed by atoms with Gasteiger partial charge in [-0.25, -0.2) is 0 Å². The lowest BCUT2D eigenvalue weighted by Crippen LogP contribution is -2.41. The predicted molar refractivity (Wildman–Crippen MR) is 114 cm³/mol. The zero-order chi connectivity index (χ0) is 19.7. The Balaban J connectivity index is 1.83. The van der Waals surface area contributed by atoms with Gasteiger partial charge in [-0.3, -0.25) is 9.69 Å². The first kappa shape index (κ1) is 19.2. The standard InChI is InChI=1S/C22H22ClNO3S/c1-27-18-9-8-16(23)12-17(18)21(24-10-4-6-15(13-24)22(25)26)20-11-14-5-2-3-7-19(14)28-20/h2-3,5,7-9,11-12,15,21H,4,6,10,13H2,1H3,(H,25,26). The van der Waals surface area contributed by atoms with E-state index in [0.29, 0.717) is 11.6 Å². The molecule has 2 atom stereocenters. The summed E-state index contributed by atoms with van der Waals surface area (Å²) in [5.74, 6) is -0.307. The van der Waals surface area contributed by atoms with Crippen molar-refractivity contribution in [1.29, 1.82) is 0 Å². The van der Waals surface area contributed by atoms with Gasteiger partial charge in [-0.1, -0.05) is 29.8 Å². The lowest BCUT2D eigenvalue weighted by molar-refractivity contribution is -0.143. The maximum atomic E-state index is 11.6. The second kappa shape index (κ2) is 8.11. The van der Waals surface area contributed by atoms with E-state index < -0.39 is 5.97 Å². The van der Waals surface area contributed by atoms with Crippen molar-refractivity contribution in [2.24, 2.45) is 5.92 Å². The molecule has 4 rings (SSSR count). The molecule has 2 unspecified atom stereocenters. The Bertz CT molecular complexity index is 969. The molecule has 1 saturated heterocycles. The number of carboxylic acid groups (broad SMARTS) is 1. The number of likely N-dealkylation sites (tertiary alicyclic amines) is 1. The quantitative estimate of drug-likeness (QED) is 0.602. The van der Waals surface area contributed by atoms with Crippen LogP contribution < -0.4 is 4.74 Å². The summed E-state index contributed by atoms with van der Waals surface area (Å²) in [7, 11) is 1.66. The van der Waals surface area contributed by atoms with E-state index in [-0.39, 0.29) is 12.0 Å². The number of fused-ring (bicyclic) bond motifs is 1. The fourth-order valence-corrected chi connectivity index (χ4v) is 5.43. The van der Waals surface area contributed by atoms with Crippen molar-refractivity contribution in [3.8, 4) is 5.75 Å². The maximum absolute atomic E-state index is 11.6. The molecule has 0 spiro atoms. The van der Waals surface area contributed by atoms with Gasteiger partial charge in [0.1, 0.15) is 5.75 Å². The molecule has 0 saturated carbocycles. The van der Waals surface area contributed by atoms with Crippen molar-refractivity contribution in [3.63, 3.8) is 0 Å². The number of carboxylic acids is 1. The zero-order valence-electron chi connectivity index (χ0n) is 15.6. The van der Waals surface area contributed by atoms with Crippen LogP contribution in [0.5, 0.6) is 5.75 Å². The van der Waals surface area contributed by atoms with Crippen molar-refractivity contribution >= 4 is 39.0 Å². The number of aliphatic carboxylic acids is 1. The average molecular weight is 416 g/mol. The minimum Gasteiger partial charge on any atom is -0.496 e. The Morgan fingerprint density at radius 2 is 2.11 bits per heavy atom. The fraction of sp³-hybridized carbons (Fsp3) is 0.318. The minimum atomic E-state index is -0.724. The highest BCUT2D eigenvalue weighted by Gasteiger charge is 2.33. The van der Waals surface area contributed by atoms with Crippen LogP contribution in [0.2, 0.25) is 5.02 Å². The second-order valence-corrected chi connectivity index (χ2v) is 8.70. The van der Waals surface area contributed by atoms with Gasteiger partial charge in [0, 0.05) is 26.7 Å². The molecular formula is C22H22ClNO3S. The van der Waals surface area contributed by atoms with E-state index in [4.69, 9.17) is 16.3 Å². The van der Waals surface area contributed by atoms with Crippen LogP contribution in [0.3, 0.4) is 0 Å². The molecule has 1 aliphatic heterocycles. The smallest absolute Gasteiger partial charge is 0.307 e. The van der Waals surface area contributed by atoms with Crippen molar-refractivity contribution < 1.29 is 14.6 Å². The van der Waals surface area contributed by atoms with Gasteiger partial charge in [0.05, 0.1) is 19.1 Å². The Kier molecular flexibility index (Phi) is 5.58. The summed E-state index contributed by atoms with van der Waals surface area (Å²) in [6.07, 6.45) is 1.58. The number of rotatable bonds is 5. The molecule has 2 heterocycles. The molecule has 0 bridgehead atoms. The zero-order valence-corrected chi connectivity index (χ0v) is 17.2. The Morgan fingerprint density at radius 1 is 1.29 bits per heavy atom. The van der Waals surface area contributed by atoms with Crippen LogP contribution in [0.25, 0.3) is 10.1 Å². The van der Waals surface area contributed by atoms with Crippen molar-refractivity contribution in [3.05, 3.63) is 64.0 Å². The first-order valence-electron chi connectivity index (χ1n) is 9.35. The SMILES string of the molecule is COc1ccc(Cl)cc1C(c1cc2ccccc2s1)N1CCCC(C(=O)O)C1. The van der Waals surface area contributed by atoms with E-state index in [1.54, 1.807) is 18.4 Å². The van der Waals surface area contributed by atoms with Crippen molar-refractivity contribution in [2.45, 2.75) is 18.9 Å². The normalized spacial score (nSPS) is 18.9. The van der Waals surface area contributed by atoms with Gasteiger partial charge in [0.15, 0.2) is 0 Å². The largest absolute Gasteiger partial charge is 0.496 e. The van der Waals surface area contributed by atoms with E-state index in [0.717, 1.165) is 30.7 Å². The third kappa shape index (κ3) is 3.75.